The van der Waals surface area contributed by atoms with Gasteiger partial charge in [0.15, 0.2) is 11.5 Å². The zero-order chi connectivity index (χ0) is 19.3. The van der Waals surface area contributed by atoms with Crippen LogP contribution in [0.1, 0.15) is 6.42 Å². The first kappa shape index (κ1) is 16.9. The Morgan fingerprint density at radius 2 is 1.96 bits per heavy atom. The van der Waals surface area contributed by atoms with Crippen LogP contribution in [0.3, 0.4) is 0 Å². The number of alkyl halides is 2. The third kappa shape index (κ3) is 3.00. The van der Waals surface area contributed by atoms with Gasteiger partial charge in [0.05, 0.1) is 6.54 Å². The van der Waals surface area contributed by atoms with E-state index >= 15 is 0 Å². The minimum atomic E-state index is -3.61. The third-order valence-electron chi connectivity index (χ3n) is 4.89. The number of benzene rings is 2. The van der Waals surface area contributed by atoms with Crippen molar-refractivity contribution in [1.82, 2.24) is 4.98 Å². The van der Waals surface area contributed by atoms with E-state index in [0.29, 0.717) is 18.1 Å². The number of fused-ring (bicyclic) bond motifs is 2. The van der Waals surface area contributed by atoms with E-state index in [-0.39, 0.29) is 17.6 Å². The second kappa shape index (κ2) is 6.12. The van der Waals surface area contributed by atoms with Crippen molar-refractivity contribution in [3.63, 3.8) is 0 Å². The van der Waals surface area contributed by atoms with Crippen molar-refractivity contribution in [2.75, 3.05) is 23.7 Å². The molecule has 2 N–H and O–H groups in total. The molecule has 1 atom stereocenters. The molecular formula is C20H17F2N3O3. The minimum absolute atomic E-state index is 0.0418. The Kier molecular flexibility index (Phi) is 3.68. The fourth-order valence-corrected chi connectivity index (χ4v) is 3.60. The lowest BCUT2D eigenvalue weighted by atomic mass is 10.2. The van der Waals surface area contributed by atoms with Crippen LogP contribution >= 0.6 is 0 Å². The van der Waals surface area contributed by atoms with Crippen molar-refractivity contribution in [3.05, 3.63) is 48.5 Å². The molecule has 144 valence electrons. The Hall–Kier alpha value is -3.29. The van der Waals surface area contributed by atoms with E-state index in [1.165, 1.54) is 6.07 Å². The maximum absolute atomic E-state index is 13.2. The summed E-state index contributed by atoms with van der Waals surface area (Å²) in [5.74, 6) is 1.21. The van der Waals surface area contributed by atoms with E-state index in [2.05, 4.69) is 19.4 Å². The summed E-state index contributed by atoms with van der Waals surface area (Å²) in [6, 6.07) is 14.2. The molecule has 0 amide bonds. The van der Waals surface area contributed by atoms with Crippen molar-refractivity contribution in [2.45, 2.75) is 18.8 Å². The van der Waals surface area contributed by atoms with Crippen molar-refractivity contribution < 1.29 is 23.0 Å². The molecule has 0 spiro atoms. The Balaban J connectivity index is 1.33. The number of anilines is 2. The number of aromatic nitrogens is 1. The van der Waals surface area contributed by atoms with Gasteiger partial charge in [0.25, 0.3) is 0 Å². The molecule has 0 unspecified atom stereocenters. The molecule has 6 nitrogen and oxygen atoms in total. The van der Waals surface area contributed by atoms with Gasteiger partial charge in [0, 0.05) is 30.1 Å². The van der Waals surface area contributed by atoms with E-state index < -0.39 is 6.29 Å². The van der Waals surface area contributed by atoms with Crippen LogP contribution < -0.4 is 24.8 Å². The quantitative estimate of drug-likeness (QED) is 0.740. The second-order valence-corrected chi connectivity index (χ2v) is 6.84. The van der Waals surface area contributed by atoms with Gasteiger partial charge in [-0.15, -0.1) is 8.78 Å². The normalized spacial score (nSPS) is 19.9. The maximum Gasteiger partial charge on any atom is 0.586 e. The summed E-state index contributed by atoms with van der Waals surface area (Å²) >= 11 is 0. The van der Waals surface area contributed by atoms with Gasteiger partial charge in [-0.3, -0.25) is 0 Å². The Bertz CT molecular complexity index is 1060. The molecule has 0 bridgehead atoms. The van der Waals surface area contributed by atoms with Gasteiger partial charge in [-0.1, -0.05) is 12.1 Å². The highest BCUT2D eigenvalue weighted by atomic mass is 19.3. The van der Waals surface area contributed by atoms with Crippen molar-refractivity contribution in [1.29, 1.82) is 0 Å². The number of nitrogens with two attached hydrogens (primary N) is 1. The molecule has 5 rings (SSSR count). The first-order valence-corrected chi connectivity index (χ1v) is 8.94. The summed E-state index contributed by atoms with van der Waals surface area (Å²) in [5.41, 5.74) is 7.32. The van der Waals surface area contributed by atoms with Crippen LogP contribution in [-0.2, 0) is 0 Å². The van der Waals surface area contributed by atoms with Crippen LogP contribution in [0, 0.1) is 0 Å². The third-order valence-corrected chi connectivity index (χ3v) is 4.89. The lowest BCUT2D eigenvalue weighted by molar-refractivity contribution is -0.286. The van der Waals surface area contributed by atoms with Crippen LogP contribution in [0.25, 0.3) is 10.9 Å². The lowest BCUT2D eigenvalue weighted by Crippen LogP contribution is -2.26. The topological polar surface area (TPSA) is 69.8 Å². The van der Waals surface area contributed by atoms with Gasteiger partial charge in [-0.2, -0.15) is 0 Å². The molecule has 0 radical (unpaired) electrons. The molecule has 0 aliphatic carbocycles. The van der Waals surface area contributed by atoms with E-state index in [1.54, 1.807) is 18.2 Å². The number of ether oxygens (including phenoxy) is 3. The fourth-order valence-electron chi connectivity index (χ4n) is 3.60. The van der Waals surface area contributed by atoms with E-state index in [0.717, 1.165) is 29.6 Å². The lowest BCUT2D eigenvalue weighted by Gasteiger charge is -2.19. The summed E-state index contributed by atoms with van der Waals surface area (Å²) in [7, 11) is 0. The van der Waals surface area contributed by atoms with Crippen LogP contribution in [0.4, 0.5) is 20.3 Å². The van der Waals surface area contributed by atoms with Crippen molar-refractivity contribution >= 4 is 22.4 Å². The monoisotopic (exact) mass is 385 g/mol. The summed E-state index contributed by atoms with van der Waals surface area (Å²) in [6.07, 6.45) is -2.87. The Morgan fingerprint density at radius 1 is 1.11 bits per heavy atom. The molecule has 2 aliphatic rings. The molecule has 1 aromatic heterocycles. The fraction of sp³-hybridized carbons (Fsp3) is 0.250. The molecule has 8 heteroatoms. The first-order chi connectivity index (χ1) is 13.5. The highest BCUT2D eigenvalue weighted by Crippen LogP contribution is 2.43. The molecule has 0 saturated carbocycles. The van der Waals surface area contributed by atoms with Crippen LogP contribution in [0.5, 0.6) is 17.2 Å². The highest BCUT2D eigenvalue weighted by molar-refractivity contribution is 5.85. The number of nitrogen functional groups attached to an aromatic ring is 1. The Morgan fingerprint density at radius 3 is 2.86 bits per heavy atom. The maximum atomic E-state index is 13.2. The standard InChI is InChI=1S/C20H17F2N3O3/c21-20(22)27-15-6-5-13(10-17(15)28-20)25-9-8-14(11-25)26-16-3-1-2-12-4-7-18(23)24-19(12)16/h1-7,10,14H,8-9,11H2,(H2,23,24)/t14-/m1/s1. The van der Waals surface area contributed by atoms with Gasteiger partial charge in [-0.05, 0) is 30.3 Å². The molecular weight excluding hydrogens is 368 g/mol. The van der Waals surface area contributed by atoms with Crippen LogP contribution in [-0.4, -0.2) is 30.5 Å². The molecule has 2 aliphatic heterocycles. The van der Waals surface area contributed by atoms with Gasteiger partial charge in [0.1, 0.15) is 23.2 Å². The first-order valence-electron chi connectivity index (χ1n) is 8.94. The van der Waals surface area contributed by atoms with E-state index in [1.807, 2.05) is 24.3 Å². The zero-order valence-corrected chi connectivity index (χ0v) is 14.8. The zero-order valence-electron chi connectivity index (χ0n) is 14.8. The van der Waals surface area contributed by atoms with E-state index in [9.17, 15) is 8.78 Å². The number of rotatable bonds is 3. The number of pyridine rings is 1. The SMILES string of the molecule is Nc1ccc2cccc(O[C@@H]3CCN(c4ccc5c(c4)OC(F)(F)O5)C3)c2n1. The average molecular weight is 385 g/mol. The molecule has 1 saturated heterocycles. The van der Waals surface area contributed by atoms with Gasteiger partial charge in [0.2, 0.25) is 0 Å². The molecule has 28 heavy (non-hydrogen) atoms. The number of nitrogens with zero attached hydrogens (tertiary/aromatic N) is 2. The summed E-state index contributed by atoms with van der Waals surface area (Å²) in [4.78, 5) is 6.45. The van der Waals surface area contributed by atoms with Gasteiger partial charge >= 0.3 is 6.29 Å². The van der Waals surface area contributed by atoms with Crippen molar-refractivity contribution in [3.8, 4) is 17.2 Å². The number of halogens is 2. The van der Waals surface area contributed by atoms with E-state index in [4.69, 9.17) is 10.5 Å². The second-order valence-electron chi connectivity index (χ2n) is 6.84. The number of hydrogen-bond donors (Lipinski definition) is 1. The largest absolute Gasteiger partial charge is 0.586 e. The van der Waals surface area contributed by atoms with Crippen molar-refractivity contribution in [2.24, 2.45) is 0 Å². The summed E-state index contributed by atoms with van der Waals surface area (Å²) < 4.78 is 41.6. The molecule has 3 aromatic rings. The van der Waals surface area contributed by atoms with Gasteiger partial charge < -0.3 is 24.8 Å². The highest BCUT2D eigenvalue weighted by Gasteiger charge is 2.43. The molecule has 2 aromatic carbocycles. The summed E-state index contributed by atoms with van der Waals surface area (Å²) in [6.45, 7) is 1.36. The number of para-hydroxylation sites is 1. The van der Waals surface area contributed by atoms with Crippen LogP contribution in [0.2, 0.25) is 0 Å². The summed E-state index contributed by atoms with van der Waals surface area (Å²) in [5, 5.41) is 0.957. The van der Waals surface area contributed by atoms with Crippen LogP contribution in [0.15, 0.2) is 48.5 Å². The smallest absolute Gasteiger partial charge is 0.486 e. The van der Waals surface area contributed by atoms with Gasteiger partial charge in [-0.25, -0.2) is 4.98 Å². The molecule has 3 heterocycles. The Labute approximate surface area is 159 Å². The predicted molar refractivity (Wildman–Crippen MR) is 100 cm³/mol. The minimum Gasteiger partial charge on any atom is -0.486 e. The predicted octanol–water partition coefficient (Wildman–Crippen LogP) is 3.80. The average Bonchev–Trinajstić information content (AvgIpc) is 3.24. The number of hydrogen-bond acceptors (Lipinski definition) is 6. The molecule has 1 fully saturated rings.